The quantitative estimate of drug-likeness (QED) is 0.306. The van der Waals surface area contributed by atoms with Gasteiger partial charge in [-0.3, -0.25) is 9.59 Å². The van der Waals surface area contributed by atoms with E-state index in [0.717, 1.165) is 19.3 Å². The second kappa shape index (κ2) is 11.2. The van der Waals surface area contributed by atoms with E-state index in [0.29, 0.717) is 33.9 Å². The summed E-state index contributed by atoms with van der Waals surface area (Å²) in [7, 11) is 1.57. The molecule has 0 saturated heterocycles. The number of anilines is 1. The minimum absolute atomic E-state index is 0.0661. The summed E-state index contributed by atoms with van der Waals surface area (Å²) >= 11 is 0. The Kier molecular flexibility index (Phi) is 7.67. The molecule has 1 amide bonds. The lowest BCUT2D eigenvalue weighted by Gasteiger charge is -2.09. The summed E-state index contributed by atoms with van der Waals surface area (Å²) in [6, 6.07) is 19.5. The van der Waals surface area contributed by atoms with Gasteiger partial charge >= 0.3 is 0 Å². The van der Waals surface area contributed by atoms with Crippen molar-refractivity contribution in [2.24, 2.45) is 0 Å². The highest BCUT2D eigenvalue weighted by atomic mass is 16.5. The minimum atomic E-state index is -0.311. The fourth-order valence-electron chi connectivity index (χ4n) is 3.50. The topological polar surface area (TPSA) is 87.0 Å². The van der Waals surface area contributed by atoms with Crippen LogP contribution in [0, 0.1) is 0 Å². The molecule has 0 unspecified atom stereocenters. The zero-order valence-corrected chi connectivity index (χ0v) is 19.7. The maximum absolute atomic E-state index is 12.8. The summed E-state index contributed by atoms with van der Waals surface area (Å²) in [6.07, 6.45) is 4.58. The van der Waals surface area contributed by atoms with Crippen molar-refractivity contribution in [3.63, 3.8) is 0 Å². The van der Waals surface area contributed by atoms with Crippen LogP contribution in [-0.2, 0) is 11.2 Å². The lowest BCUT2D eigenvalue weighted by molar-refractivity contribution is -0.118. The van der Waals surface area contributed by atoms with E-state index in [1.54, 1.807) is 49.6 Å². The Morgan fingerprint density at radius 1 is 0.943 bits per heavy atom. The Hall–Kier alpha value is -4.26. The molecule has 0 radical (unpaired) electrons. The molecular formula is C28H27NO6. The highest BCUT2D eigenvalue weighted by Gasteiger charge is 2.11. The maximum atomic E-state index is 12.8. The van der Waals surface area contributed by atoms with Crippen LogP contribution in [0.15, 0.2) is 82.2 Å². The molecule has 7 heteroatoms. The Bertz CT molecular complexity index is 1340. The third-order valence-electron chi connectivity index (χ3n) is 5.43. The number of carbonyl (C=O) groups excluding carboxylic acids is 1. The number of benzene rings is 3. The van der Waals surface area contributed by atoms with E-state index in [1.165, 1.54) is 11.8 Å². The summed E-state index contributed by atoms with van der Waals surface area (Å²) in [5.74, 6) is 1.37. The molecule has 0 bridgehead atoms. The lowest BCUT2D eigenvalue weighted by Crippen LogP contribution is -2.20. The summed E-state index contributed by atoms with van der Waals surface area (Å²) in [5.41, 5.74) is 1.98. The third-order valence-corrected chi connectivity index (χ3v) is 5.43. The van der Waals surface area contributed by atoms with E-state index in [1.807, 2.05) is 24.3 Å². The predicted molar refractivity (Wildman–Crippen MR) is 135 cm³/mol. The van der Waals surface area contributed by atoms with Gasteiger partial charge in [-0.2, -0.15) is 0 Å². The molecule has 35 heavy (non-hydrogen) atoms. The van der Waals surface area contributed by atoms with Crippen LogP contribution in [0.4, 0.5) is 5.69 Å². The number of aryl methyl sites for hydroxylation is 1. The molecule has 3 aromatic carbocycles. The zero-order valence-electron chi connectivity index (χ0n) is 19.7. The number of nitrogens with one attached hydrogen (secondary N) is 1. The van der Waals surface area contributed by atoms with Gasteiger partial charge in [-0.15, -0.1) is 0 Å². The minimum Gasteiger partial charge on any atom is -0.497 e. The molecule has 1 heterocycles. The van der Waals surface area contributed by atoms with Crippen LogP contribution in [0.5, 0.6) is 23.0 Å². The van der Waals surface area contributed by atoms with Gasteiger partial charge in [0, 0.05) is 11.8 Å². The molecule has 0 aliphatic carbocycles. The van der Waals surface area contributed by atoms with Crippen molar-refractivity contribution in [2.45, 2.75) is 26.2 Å². The van der Waals surface area contributed by atoms with Crippen LogP contribution >= 0.6 is 0 Å². The number of carbonyl (C=O) groups is 1. The molecule has 4 aromatic rings. The summed E-state index contributed by atoms with van der Waals surface area (Å²) in [6.45, 7) is 1.99. The van der Waals surface area contributed by atoms with E-state index in [9.17, 15) is 9.59 Å². The van der Waals surface area contributed by atoms with Crippen molar-refractivity contribution >= 4 is 22.6 Å². The first-order chi connectivity index (χ1) is 17.1. The van der Waals surface area contributed by atoms with Crippen LogP contribution in [0.25, 0.3) is 11.0 Å². The summed E-state index contributed by atoms with van der Waals surface area (Å²) in [4.78, 5) is 25.1. The van der Waals surface area contributed by atoms with E-state index >= 15 is 0 Å². The Balaban J connectivity index is 1.37. The average Bonchev–Trinajstić information content (AvgIpc) is 2.89. The molecule has 4 rings (SSSR count). The molecule has 7 nitrogen and oxygen atoms in total. The Labute approximate surface area is 203 Å². The molecule has 1 N–H and O–H groups in total. The Morgan fingerprint density at radius 3 is 2.37 bits per heavy atom. The number of unbranched alkanes of at least 4 members (excludes halogenated alkanes) is 1. The summed E-state index contributed by atoms with van der Waals surface area (Å²) in [5, 5.41) is 3.16. The normalized spacial score (nSPS) is 10.7. The fraction of sp³-hybridized carbons (Fsp3) is 0.214. The van der Waals surface area contributed by atoms with Gasteiger partial charge in [0.2, 0.25) is 11.2 Å². The van der Waals surface area contributed by atoms with Gasteiger partial charge in [0.05, 0.1) is 12.5 Å². The van der Waals surface area contributed by atoms with Crippen LogP contribution in [0.2, 0.25) is 0 Å². The van der Waals surface area contributed by atoms with Gasteiger partial charge in [0.1, 0.15) is 29.1 Å². The molecule has 0 spiro atoms. The summed E-state index contributed by atoms with van der Waals surface area (Å²) < 4.78 is 22.0. The molecule has 0 aliphatic heterocycles. The highest BCUT2D eigenvalue weighted by Crippen LogP contribution is 2.25. The first-order valence-corrected chi connectivity index (χ1v) is 11.4. The SMILES string of the molecule is CCCCc1ccc(NC(=O)COc2ccc3c(=O)c(Oc4ccc(OC)cc4)coc3c2)cc1. The first kappa shape index (κ1) is 23.9. The fourth-order valence-corrected chi connectivity index (χ4v) is 3.50. The second-order valence-corrected chi connectivity index (χ2v) is 8.00. The molecule has 0 aliphatic rings. The number of amides is 1. The van der Waals surface area contributed by atoms with Crippen LogP contribution in [-0.4, -0.2) is 19.6 Å². The lowest BCUT2D eigenvalue weighted by atomic mass is 10.1. The number of ether oxygens (including phenoxy) is 3. The van der Waals surface area contributed by atoms with E-state index in [4.69, 9.17) is 18.6 Å². The smallest absolute Gasteiger partial charge is 0.262 e. The van der Waals surface area contributed by atoms with E-state index in [2.05, 4.69) is 12.2 Å². The van der Waals surface area contributed by atoms with Gasteiger partial charge in [-0.1, -0.05) is 25.5 Å². The standard InChI is InChI=1S/C28H27NO6/c1-3-4-5-19-6-8-20(9-7-19)29-27(30)18-33-23-14-15-24-25(16-23)34-17-26(28(24)31)35-22-12-10-21(32-2)11-13-22/h6-17H,3-5,18H2,1-2H3,(H,29,30). The molecule has 180 valence electrons. The highest BCUT2D eigenvalue weighted by molar-refractivity contribution is 5.92. The molecule has 0 saturated carbocycles. The number of methoxy groups -OCH3 is 1. The Morgan fingerprint density at radius 2 is 1.66 bits per heavy atom. The van der Waals surface area contributed by atoms with Crippen molar-refractivity contribution in [1.29, 1.82) is 0 Å². The van der Waals surface area contributed by atoms with E-state index in [-0.39, 0.29) is 23.7 Å². The second-order valence-electron chi connectivity index (χ2n) is 8.00. The van der Waals surface area contributed by atoms with Crippen LogP contribution in [0.3, 0.4) is 0 Å². The van der Waals surface area contributed by atoms with Gasteiger partial charge in [0.25, 0.3) is 5.91 Å². The van der Waals surface area contributed by atoms with Gasteiger partial charge in [-0.05, 0) is 66.9 Å². The average molecular weight is 474 g/mol. The van der Waals surface area contributed by atoms with Crippen molar-refractivity contribution in [1.82, 2.24) is 0 Å². The van der Waals surface area contributed by atoms with Gasteiger partial charge in [0.15, 0.2) is 6.61 Å². The number of hydrogen-bond acceptors (Lipinski definition) is 6. The zero-order chi connectivity index (χ0) is 24.6. The number of hydrogen-bond donors (Lipinski definition) is 1. The van der Waals surface area contributed by atoms with Crippen molar-refractivity contribution in [2.75, 3.05) is 19.0 Å². The van der Waals surface area contributed by atoms with Crippen molar-refractivity contribution in [3.05, 3.63) is 88.8 Å². The van der Waals surface area contributed by atoms with Crippen molar-refractivity contribution in [3.8, 4) is 23.0 Å². The molecule has 0 fully saturated rings. The number of fused-ring (bicyclic) bond motifs is 1. The third kappa shape index (κ3) is 6.20. The first-order valence-electron chi connectivity index (χ1n) is 11.4. The van der Waals surface area contributed by atoms with Crippen LogP contribution in [0.1, 0.15) is 25.3 Å². The van der Waals surface area contributed by atoms with Crippen molar-refractivity contribution < 1.29 is 23.4 Å². The largest absolute Gasteiger partial charge is 0.497 e. The monoisotopic (exact) mass is 473 g/mol. The predicted octanol–water partition coefficient (Wildman–Crippen LogP) is 5.95. The maximum Gasteiger partial charge on any atom is 0.262 e. The van der Waals surface area contributed by atoms with Gasteiger partial charge < -0.3 is 23.9 Å². The van der Waals surface area contributed by atoms with E-state index < -0.39 is 0 Å². The molecule has 0 atom stereocenters. The van der Waals surface area contributed by atoms with Gasteiger partial charge in [-0.25, -0.2) is 0 Å². The van der Waals surface area contributed by atoms with Crippen LogP contribution < -0.4 is 25.0 Å². The molecule has 1 aromatic heterocycles. The molecular weight excluding hydrogens is 446 g/mol. The number of rotatable bonds is 10.